The van der Waals surface area contributed by atoms with Crippen molar-refractivity contribution in [3.63, 3.8) is 0 Å². The molecule has 0 radical (unpaired) electrons. The molecule has 6 nitrogen and oxygen atoms in total. The number of nitrogens with one attached hydrogen (secondary N) is 2. The molecule has 152 valence electrons. The van der Waals surface area contributed by atoms with Crippen LogP contribution in [0.1, 0.15) is 17.7 Å². The highest BCUT2D eigenvalue weighted by Crippen LogP contribution is 2.01. The summed E-state index contributed by atoms with van der Waals surface area (Å²) in [5.41, 5.74) is 1.33. The number of guanidine groups is 1. The van der Waals surface area contributed by atoms with Gasteiger partial charge in [-0.15, -0.1) is 0 Å². The SMILES string of the molecule is c1ccc(CCNC(=NCCCN2CCOCC2)NCCc2ccco2)cc1. The molecule has 1 aromatic heterocycles. The van der Waals surface area contributed by atoms with Gasteiger partial charge in [0.1, 0.15) is 5.76 Å². The molecule has 28 heavy (non-hydrogen) atoms. The quantitative estimate of drug-likeness (QED) is 0.374. The van der Waals surface area contributed by atoms with Gasteiger partial charge >= 0.3 is 0 Å². The van der Waals surface area contributed by atoms with Gasteiger partial charge in [-0.05, 0) is 30.5 Å². The first-order valence-corrected chi connectivity index (χ1v) is 10.3. The summed E-state index contributed by atoms with van der Waals surface area (Å²) >= 11 is 0. The van der Waals surface area contributed by atoms with Crippen molar-refractivity contribution >= 4 is 5.96 Å². The Morgan fingerprint density at radius 1 is 0.964 bits per heavy atom. The normalized spacial score (nSPS) is 15.5. The van der Waals surface area contributed by atoms with Crippen molar-refractivity contribution in [3.8, 4) is 0 Å². The van der Waals surface area contributed by atoms with Crippen LogP contribution in [-0.2, 0) is 17.6 Å². The van der Waals surface area contributed by atoms with E-state index in [4.69, 9.17) is 14.1 Å². The first-order valence-electron chi connectivity index (χ1n) is 10.3. The molecule has 0 saturated carbocycles. The summed E-state index contributed by atoms with van der Waals surface area (Å²) in [5.74, 6) is 1.87. The number of morpholine rings is 1. The summed E-state index contributed by atoms with van der Waals surface area (Å²) in [6.07, 6.45) is 4.60. The number of hydrogen-bond acceptors (Lipinski definition) is 4. The molecule has 0 amide bonds. The molecule has 0 spiro atoms. The van der Waals surface area contributed by atoms with E-state index in [0.717, 1.165) is 83.5 Å². The second-order valence-corrected chi connectivity index (χ2v) is 6.96. The molecule has 2 aromatic rings. The lowest BCUT2D eigenvalue weighted by Crippen LogP contribution is -2.40. The Bertz CT molecular complexity index is 667. The molecule has 2 heterocycles. The van der Waals surface area contributed by atoms with Crippen molar-refractivity contribution in [2.45, 2.75) is 19.3 Å². The van der Waals surface area contributed by atoms with Crippen LogP contribution in [0.2, 0.25) is 0 Å². The maximum Gasteiger partial charge on any atom is 0.191 e. The fourth-order valence-electron chi connectivity index (χ4n) is 3.21. The van der Waals surface area contributed by atoms with E-state index in [0.29, 0.717) is 0 Å². The highest BCUT2D eigenvalue weighted by atomic mass is 16.5. The van der Waals surface area contributed by atoms with Crippen molar-refractivity contribution in [2.24, 2.45) is 4.99 Å². The Morgan fingerprint density at radius 3 is 2.50 bits per heavy atom. The number of hydrogen-bond donors (Lipinski definition) is 2. The van der Waals surface area contributed by atoms with Gasteiger partial charge in [-0.3, -0.25) is 9.89 Å². The van der Waals surface area contributed by atoms with E-state index in [2.05, 4.69) is 45.9 Å². The lowest BCUT2D eigenvalue weighted by molar-refractivity contribution is 0.0377. The third-order valence-corrected chi connectivity index (χ3v) is 4.80. The van der Waals surface area contributed by atoms with E-state index in [-0.39, 0.29) is 0 Å². The summed E-state index contributed by atoms with van der Waals surface area (Å²) in [5, 5.41) is 6.89. The van der Waals surface area contributed by atoms with Gasteiger partial charge in [-0.25, -0.2) is 0 Å². The largest absolute Gasteiger partial charge is 0.469 e. The third kappa shape index (κ3) is 7.74. The molecule has 2 N–H and O–H groups in total. The fourth-order valence-corrected chi connectivity index (χ4v) is 3.21. The van der Waals surface area contributed by atoms with Crippen LogP contribution in [0, 0.1) is 0 Å². The van der Waals surface area contributed by atoms with Crippen LogP contribution >= 0.6 is 0 Å². The molecule has 1 aromatic carbocycles. The second kappa shape index (κ2) is 12.2. The van der Waals surface area contributed by atoms with Gasteiger partial charge in [0.05, 0.1) is 19.5 Å². The molecule has 0 unspecified atom stereocenters. The van der Waals surface area contributed by atoms with Crippen molar-refractivity contribution < 1.29 is 9.15 Å². The predicted molar refractivity (Wildman–Crippen MR) is 113 cm³/mol. The number of aliphatic imine (C=N–C) groups is 1. The third-order valence-electron chi connectivity index (χ3n) is 4.80. The van der Waals surface area contributed by atoms with Gasteiger partial charge in [0, 0.05) is 45.7 Å². The molecule has 1 aliphatic rings. The van der Waals surface area contributed by atoms with E-state index in [1.54, 1.807) is 6.26 Å². The average molecular weight is 385 g/mol. The van der Waals surface area contributed by atoms with Crippen LogP contribution in [0.5, 0.6) is 0 Å². The Labute approximate surface area is 168 Å². The highest BCUT2D eigenvalue weighted by Gasteiger charge is 2.09. The van der Waals surface area contributed by atoms with Crippen LogP contribution in [0.25, 0.3) is 0 Å². The summed E-state index contributed by atoms with van der Waals surface area (Å²) in [4.78, 5) is 7.21. The summed E-state index contributed by atoms with van der Waals surface area (Å²) in [6.45, 7) is 7.33. The van der Waals surface area contributed by atoms with Crippen LogP contribution in [0.3, 0.4) is 0 Å². The lowest BCUT2D eigenvalue weighted by Gasteiger charge is -2.26. The van der Waals surface area contributed by atoms with Crippen LogP contribution in [-0.4, -0.2) is 63.3 Å². The smallest absolute Gasteiger partial charge is 0.191 e. The second-order valence-electron chi connectivity index (χ2n) is 6.96. The summed E-state index contributed by atoms with van der Waals surface area (Å²) in [6, 6.07) is 14.5. The summed E-state index contributed by atoms with van der Waals surface area (Å²) < 4.78 is 10.8. The zero-order chi connectivity index (χ0) is 19.3. The van der Waals surface area contributed by atoms with E-state index in [9.17, 15) is 0 Å². The number of ether oxygens (including phenoxy) is 1. The van der Waals surface area contributed by atoms with Gasteiger partial charge in [0.2, 0.25) is 0 Å². The Balaban J connectivity index is 1.41. The van der Waals surface area contributed by atoms with Crippen LogP contribution < -0.4 is 10.6 Å². The number of rotatable bonds is 10. The van der Waals surface area contributed by atoms with Crippen LogP contribution in [0.15, 0.2) is 58.1 Å². The zero-order valence-corrected chi connectivity index (χ0v) is 16.6. The minimum absolute atomic E-state index is 0.800. The van der Waals surface area contributed by atoms with E-state index in [1.165, 1.54) is 5.56 Å². The molecular formula is C22H32N4O2. The zero-order valence-electron chi connectivity index (χ0n) is 16.6. The fraction of sp³-hybridized carbons (Fsp3) is 0.500. The van der Waals surface area contributed by atoms with Crippen LogP contribution in [0.4, 0.5) is 0 Å². The van der Waals surface area contributed by atoms with Crippen molar-refractivity contribution in [3.05, 3.63) is 60.1 Å². The molecule has 1 saturated heterocycles. The van der Waals surface area contributed by atoms with Gasteiger partial charge in [-0.2, -0.15) is 0 Å². The number of furan rings is 1. The van der Waals surface area contributed by atoms with Gasteiger partial charge < -0.3 is 19.8 Å². The van der Waals surface area contributed by atoms with Crippen molar-refractivity contribution in [1.82, 2.24) is 15.5 Å². The van der Waals surface area contributed by atoms with E-state index in [1.807, 2.05) is 12.1 Å². The van der Waals surface area contributed by atoms with E-state index >= 15 is 0 Å². The van der Waals surface area contributed by atoms with Crippen molar-refractivity contribution in [1.29, 1.82) is 0 Å². The molecule has 6 heteroatoms. The lowest BCUT2D eigenvalue weighted by atomic mass is 10.1. The molecule has 3 rings (SSSR count). The minimum Gasteiger partial charge on any atom is -0.469 e. The molecule has 0 bridgehead atoms. The van der Waals surface area contributed by atoms with Crippen molar-refractivity contribution in [2.75, 3.05) is 52.5 Å². The average Bonchev–Trinajstić information content (AvgIpc) is 3.26. The Hall–Kier alpha value is -2.31. The van der Waals surface area contributed by atoms with Gasteiger partial charge in [0.15, 0.2) is 5.96 Å². The Kier molecular flexibility index (Phi) is 8.91. The number of benzene rings is 1. The maximum atomic E-state index is 5.40. The molecule has 1 aliphatic heterocycles. The minimum atomic E-state index is 0.800. The standard InChI is InChI=1S/C22H32N4O2/c1-2-6-20(7-3-1)9-12-24-22(25-13-10-21-8-4-17-28-21)23-11-5-14-26-15-18-27-19-16-26/h1-4,6-8,17H,5,9-16,18-19H2,(H2,23,24,25). The molecule has 0 atom stereocenters. The molecular weight excluding hydrogens is 352 g/mol. The predicted octanol–water partition coefficient (Wildman–Crippen LogP) is 2.32. The molecule has 1 fully saturated rings. The first-order chi connectivity index (χ1) is 13.9. The highest BCUT2D eigenvalue weighted by molar-refractivity contribution is 5.79. The first kappa shape index (κ1) is 20.4. The van der Waals surface area contributed by atoms with Gasteiger partial charge in [-0.1, -0.05) is 30.3 Å². The van der Waals surface area contributed by atoms with Gasteiger partial charge in [0.25, 0.3) is 0 Å². The number of nitrogens with zero attached hydrogens (tertiary/aromatic N) is 2. The summed E-state index contributed by atoms with van der Waals surface area (Å²) in [7, 11) is 0. The molecule has 0 aliphatic carbocycles. The monoisotopic (exact) mass is 384 g/mol. The Morgan fingerprint density at radius 2 is 1.75 bits per heavy atom. The van der Waals surface area contributed by atoms with E-state index < -0.39 is 0 Å². The topological polar surface area (TPSA) is 62.0 Å². The maximum absolute atomic E-state index is 5.40.